The van der Waals surface area contributed by atoms with E-state index in [-0.39, 0.29) is 5.54 Å². The van der Waals surface area contributed by atoms with Crippen molar-refractivity contribution in [3.8, 4) is 11.1 Å². The number of rotatable bonds is 3. The lowest BCUT2D eigenvalue weighted by molar-refractivity contribution is 0.304. The van der Waals surface area contributed by atoms with Gasteiger partial charge in [0.25, 0.3) is 5.78 Å². The minimum atomic E-state index is -0.161. The van der Waals surface area contributed by atoms with Crippen molar-refractivity contribution in [3.63, 3.8) is 0 Å². The fourth-order valence-electron chi connectivity index (χ4n) is 3.98. The summed E-state index contributed by atoms with van der Waals surface area (Å²) in [5.74, 6) is 1.34. The number of nitrogens with zero attached hydrogens (tertiary/aromatic N) is 4. The van der Waals surface area contributed by atoms with Crippen molar-refractivity contribution in [1.82, 2.24) is 19.6 Å². The van der Waals surface area contributed by atoms with E-state index in [1.165, 1.54) is 12.0 Å². The number of hydrogen-bond donors (Lipinski definition) is 1. The summed E-state index contributed by atoms with van der Waals surface area (Å²) in [7, 11) is 0. The molecule has 1 fully saturated rings. The van der Waals surface area contributed by atoms with Crippen molar-refractivity contribution >= 4 is 11.4 Å². The quantitative estimate of drug-likeness (QED) is 0.749. The van der Waals surface area contributed by atoms with Crippen LogP contribution in [0.4, 0.5) is 0 Å². The number of aryl methyl sites for hydroxylation is 1. The number of allylic oxidation sites excluding steroid dienone is 4. The summed E-state index contributed by atoms with van der Waals surface area (Å²) in [4.78, 5) is 9.35. The van der Waals surface area contributed by atoms with Crippen LogP contribution in [-0.4, -0.2) is 25.1 Å². The summed E-state index contributed by atoms with van der Waals surface area (Å²) in [6, 6.07) is 10.3. The lowest BCUT2D eigenvalue weighted by Gasteiger charge is -2.39. The Morgan fingerprint density at radius 2 is 1.89 bits per heavy atom. The molecule has 5 nitrogen and oxygen atoms in total. The van der Waals surface area contributed by atoms with Gasteiger partial charge < -0.3 is 5.73 Å². The lowest BCUT2D eigenvalue weighted by Crippen LogP contribution is -2.47. The summed E-state index contributed by atoms with van der Waals surface area (Å²) in [6.45, 7) is 1.89. The zero-order valence-corrected chi connectivity index (χ0v) is 16.0. The number of fused-ring (bicyclic) bond motifs is 1. The van der Waals surface area contributed by atoms with Gasteiger partial charge in [-0.2, -0.15) is 10.1 Å². The zero-order valence-electron chi connectivity index (χ0n) is 16.0. The summed E-state index contributed by atoms with van der Waals surface area (Å²) < 4.78 is 1.76. The Kier molecular flexibility index (Phi) is 3.98. The molecule has 5 rings (SSSR count). The Labute approximate surface area is 164 Å². The molecule has 0 bridgehead atoms. The van der Waals surface area contributed by atoms with Crippen LogP contribution in [-0.2, 0) is 0 Å². The van der Waals surface area contributed by atoms with Gasteiger partial charge in [0, 0.05) is 17.3 Å². The standard InChI is InChI=1S/C23H23N5/c1-16-25-22-26-21(20(15-28(22)27-16)17-7-3-2-4-8-17)18-9-5-10-19(12-11-18)23(24)13-6-14-23/h2-5,7-8,10-12,15H,6,9,13-14,24H2,1H3. The van der Waals surface area contributed by atoms with E-state index in [0.29, 0.717) is 5.78 Å². The van der Waals surface area contributed by atoms with Gasteiger partial charge in [0.2, 0.25) is 0 Å². The Hall–Kier alpha value is -3.05. The van der Waals surface area contributed by atoms with Crippen LogP contribution >= 0.6 is 0 Å². The topological polar surface area (TPSA) is 69.1 Å². The Morgan fingerprint density at radius 3 is 2.64 bits per heavy atom. The van der Waals surface area contributed by atoms with E-state index >= 15 is 0 Å². The summed E-state index contributed by atoms with van der Waals surface area (Å²) in [5, 5.41) is 4.45. The van der Waals surface area contributed by atoms with Gasteiger partial charge in [-0.25, -0.2) is 9.50 Å². The minimum Gasteiger partial charge on any atom is -0.321 e. The van der Waals surface area contributed by atoms with Crippen molar-refractivity contribution in [2.75, 3.05) is 0 Å². The highest BCUT2D eigenvalue weighted by Gasteiger charge is 2.35. The maximum absolute atomic E-state index is 6.54. The normalized spacial score (nSPS) is 18.4. The SMILES string of the molecule is Cc1nc2nc(C3=CC=C(C4(N)CCC4)C=CC3)c(-c3ccccc3)cn2n1. The first kappa shape index (κ1) is 17.1. The molecule has 0 saturated heterocycles. The molecule has 0 unspecified atom stereocenters. The molecule has 0 spiro atoms. The van der Waals surface area contributed by atoms with Gasteiger partial charge >= 0.3 is 0 Å². The molecule has 1 saturated carbocycles. The van der Waals surface area contributed by atoms with Gasteiger partial charge in [-0.1, -0.05) is 54.6 Å². The van der Waals surface area contributed by atoms with E-state index in [4.69, 9.17) is 10.7 Å². The summed E-state index contributed by atoms with van der Waals surface area (Å²) in [6.07, 6.45) is 14.9. The van der Waals surface area contributed by atoms with Crippen LogP contribution in [0, 0.1) is 6.92 Å². The van der Waals surface area contributed by atoms with E-state index in [1.54, 1.807) is 4.52 Å². The molecular weight excluding hydrogens is 346 g/mol. The molecule has 28 heavy (non-hydrogen) atoms. The highest BCUT2D eigenvalue weighted by molar-refractivity contribution is 5.81. The van der Waals surface area contributed by atoms with Gasteiger partial charge in [0.1, 0.15) is 5.82 Å². The van der Waals surface area contributed by atoms with Gasteiger partial charge in [-0.05, 0) is 49.3 Å². The third-order valence-electron chi connectivity index (χ3n) is 5.75. The molecule has 2 N–H and O–H groups in total. The molecule has 0 atom stereocenters. The average Bonchev–Trinajstić information content (AvgIpc) is 2.88. The van der Waals surface area contributed by atoms with Crippen LogP contribution in [0.5, 0.6) is 0 Å². The molecule has 2 aliphatic rings. The lowest BCUT2D eigenvalue weighted by atomic mass is 9.72. The molecule has 1 aromatic carbocycles. The predicted molar refractivity (Wildman–Crippen MR) is 112 cm³/mol. The second-order valence-corrected chi connectivity index (χ2v) is 7.70. The van der Waals surface area contributed by atoms with Gasteiger partial charge in [-0.15, -0.1) is 0 Å². The number of benzene rings is 1. The van der Waals surface area contributed by atoms with Crippen molar-refractivity contribution in [2.45, 2.75) is 38.1 Å². The molecule has 0 radical (unpaired) electrons. The van der Waals surface area contributed by atoms with E-state index in [2.05, 4.69) is 46.5 Å². The highest BCUT2D eigenvalue weighted by Crippen LogP contribution is 2.38. The largest absolute Gasteiger partial charge is 0.321 e. The van der Waals surface area contributed by atoms with Crippen molar-refractivity contribution in [3.05, 3.63) is 77.9 Å². The summed E-state index contributed by atoms with van der Waals surface area (Å²) >= 11 is 0. The second kappa shape index (κ2) is 6.53. The Morgan fingerprint density at radius 1 is 1.07 bits per heavy atom. The molecule has 2 aliphatic carbocycles. The number of aromatic nitrogens is 4. The molecule has 5 heteroatoms. The van der Waals surface area contributed by atoms with E-state index in [0.717, 1.165) is 47.5 Å². The van der Waals surface area contributed by atoms with Crippen LogP contribution in [0.25, 0.3) is 22.5 Å². The molecule has 0 aliphatic heterocycles. The molecule has 140 valence electrons. The molecular formula is C23H23N5. The number of nitrogens with two attached hydrogens (primary N) is 1. The smallest absolute Gasteiger partial charge is 0.252 e. The fraction of sp³-hybridized carbons (Fsp3) is 0.261. The molecule has 3 aromatic rings. The van der Waals surface area contributed by atoms with Crippen LogP contribution in [0.2, 0.25) is 0 Å². The van der Waals surface area contributed by atoms with E-state index < -0.39 is 0 Å². The molecule has 2 aromatic heterocycles. The maximum atomic E-state index is 6.54. The van der Waals surface area contributed by atoms with E-state index in [9.17, 15) is 0 Å². The van der Waals surface area contributed by atoms with Gasteiger partial charge in [0.05, 0.1) is 5.69 Å². The predicted octanol–water partition coefficient (Wildman–Crippen LogP) is 4.25. The third-order valence-corrected chi connectivity index (χ3v) is 5.75. The third kappa shape index (κ3) is 2.88. The maximum Gasteiger partial charge on any atom is 0.252 e. The Bertz CT molecular complexity index is 1130. The van der Waals surface area contributed by atoms with Gasteiger partial charge in [0.15, 0.2) is 0 Å². The molecule has 2 heterocycles. The summed E-state index contributed by atoms with van der Waals surface area (Å²) in [5.41, 5.74) is 11.9. The molecule has 0 amide bonds. The number of hydrogen-bond acceptors (Lipinski definition) is 4. The first-order chi connectivity index (χ1) is 13.6. The average molecular weight is 369 g/mol. The van der Waals surface area contributed by atoms with E-state index in [1.807, 2.05) is 31.3 Å². The highest BCUT2D eigenvalue weighted by atomic mass is 15.3. The van der Waals surface area contributed by atoms with Crippen molar-refractivity contribution in [2.24, 2.45) is 5.73 Å². The van der Waals surface area contributed by atoms with Crippen LogP contribution in [0.15, 0.2) is 66.4 Å². The van der Waals surface area contributed by atoms with Crippen LogP contribution in [0.3, 0.4) is 0 Å². The zero-order chi connectivity index (χ0) is 19.1. The van der Waals surface area contributed by atoms with Gasteiger partial charge in [-0.3, -0.25) is 0 Å². The monoisotopic (exact) mass is 369 g/mol. The van der Waals surface area contributed by atoms with Crippen molar-refractivity contribution < 1.29 is 0 Å². The van der Waals surface area contributed by atoms with Crippen molar-refractivity contribution in [1.29, 1.82) is 0 Å². The second-order valence-electron chi connectivity index (χ2n) is 7.70. The Balaban J connectivity index is 1.66. The van der Waals surface area contributed by atoms with Crippen LogP contribution in [0.1, 0.15) is 37.2 Å². The van der Waals surface area contributed by atoms with Crippen LogP contribution < -0.4 is 5.73 Å². The fourth-order valence-corrected chi connectivity index (χ4v) is 3.98. The minimum absolute atomic E-state index is 0.161. The first-order valence-electron chi connectivity index (χ1n) is 9.79. The first-order valence-corrected chi connectivity index (χ1v) is 9.79.